The van der Waals surface area contributed by atoms with Gasteiger partial charge < -0.3 is 5.73 Å². The second-order valence-electron chi connectivity index (χ2n) is 4.11. The van der Waals surface area contributed by atoms with Gasteiger partial charge in [-0.05, 0) is 31.4 Å². The Labute approximate surface area is 107 Å². The molecule has 2 rings (SSSR count). The van der Waals surface area contributed by atoms with E-state index in [2.05, 4.69) is 40.7 Å². The lowest BCUT2D eigenvalue weighted by atomic mass is 10.1. The molecule has 0 aliphatic rings. The summed E-state index contributed by atoms with van der Waals surface area (Å²) in [5.74, 6) is 0. The fourth-order valence-electron chi connectivity index (χ4n) is 1.76. The van der Waals surface area contributed by atoms with Gasteiger partial charge in [-0.25, -0.2) is 4.98 Å². The second kappa shape index (κ2) is 6.52. The van der Waals surface area contributed by atoms with Crippen LogP contribution in [0.1, 0.15) is 22.7 Å². The van der Waals surface area contributed by atoms with Crippen LogP contribution in [0.2, 0.25) is 0 Å². The van der Waals surface area contributed by atoms with Gasteiger partial charge in [-0.15, -0.1) is 11.3 Å². The van der Waals surface area contributed by atoms with Gasteiger partial charge in [0.05, 0.1) is 10.7 Å². The van der Waals surface area contributed by atoms with E-state index in [0.29, 0.717) is 0 Å². The van der Waals surface area contributed by atoms with E-state index >= 15 is 0 Å². The predicted octanol–water partition coefficient (Wildman–Crippen LogP) is 2.82. The largest absolute Gasteiger partial charge is 0.330 e. The summed E-state index contributed by atoms with van der Waals surface area (Å²) in [6.45, 7) is 0.747. The molecule has 0 radical (unpaired) electrons. The molecule has 0 saturated carbocycles. The molecule has 1 heterocycles. The Morgan fingerprint density at radius 2 is 1.88 bits per heavy atom. The lowest BCUT2D eigenvalue weighted by Gasteiger charge is -1.98. The van der Waals surface area contributed by atoms with Gasteiger partial charge in [0.15, 0.2) is 0 Å². The zero-order valence-corrected chi connectivity index (χ0v) is 10.7. The normalized spacial score (nSPS) is 10.6. The molecule has 1 aromatic carbocycles. The zero-order chi connectivity index (χ0) is 11.9. The smallest absolute Gasteiger partial charge is 0.0931 e. The summed E-state index contributed by atoms with van der Waals surface area (Å²) in [7, 11) is 0. The highest BCUT2D eigenvalue weighted by atomic mass is 32.1. The molecule has 0 spiro atoms. The van der Waals surface area contributed by atoms with Crippen LogP contribution in [0.25, 0.3) is 0 Å². The maximum atomic E-state index is 5.49. The van der Waals surface area contributed by atoms with Crippen molar-refractivity contribution in [1.29, 1.82) is 0 Å². The third kappa shape index (κ3) is 3.95. The number of nitrogens with zero attached hydrogens (tertiary/aromatic N) is 1. The number of hydrogen-bond donors (Lipinski definition) is 1. The van der Waals surface area contributed by atoms with Crippen molar-refractivity contribution >= 4 is 11.3 Å². The monoisotopic (exact) mass is 246 g/mol. The lowest BCUT2D eigenvalue weighted by molar-refractivity contribution is 0.807. The van der Waals surface area contributed by atoms with E-state index in [9.17, 15) is 0 Å². The summed E-state index contributed by atoms with van der Waals surface area (Å²) in [5.41, 5.74) is 8.07. The summed E-state index contributed by atoms with van der Waals surface area (Å²) in [6.07, 6.45) is 4.15. The van der Waals surface area contributed by atoms with Crippen molar-refractivity contribution in [2.75, 3.05) is 6.54 Å². The van der Waals surface area contributed by atoms with E-state index < -0.39 is 0 Å². The van der Waals surface area contributed by atoms with E-state index in [0.717, 1.165) is 32.2 Å². The van der Waals surface area contributed by atoms with Crippen LogP contribution in [0.5, 0.6) is 0 Å². The summed E-state index contributed by atoms with van der Waals surface area (Å²) >= 11 is 1.77. The quantitative estimate of drug-likeness (QED) is 0.851. The number of benzene rings is 1. The number of nitrogens with two attached hydrogens (primary N) is 1. The van der Waals surface area contributed by atoms with Crippen molar-refractivity contribution in [2.24, 2.45) is 5.73 Å². The van der Waals surface area contributed by atoms with Gasteiger partial charge in [-0.1, -0.05) is 30.3 Å². The number of aryl methyl sites for hydroxylation is 3. The van der Waals surface area contributed by atoms with Gasteiger partial charge >= 0.3 is 0 Å². The molecule has 3 heteroatoms. The minimum absolute atomic E-state index is 0.747. The minimum atomic E-state index is 0.747. The fraction of sp³-hybridized carbons (Fsp3) is 0.357. The van der Waals surface area contributed by atoms with Crippen LogP contribution in [0.3, 0.4) is 0 Å². The van der Waals surface area contributed by atoms with Crippen LogP contribution in [0.4, 0.5) is 0 Å². The molecule has 17 heavy (non-hydrogen) atoms. The maximum Gasteiger partial charge on any atom is 0.0931 e. The van der Waals surface area contributed by atoms with E-state index in [1.807, 2.05) is 0 Å². The Balaban J connectivity index is 1.85. The molecule has 1 aromatic heterocycles. The topological polar surface area (TPSA) is 38.9 Å². The van der Waals surface area contributed by atoms with Crippen LogP contribution >= 0.6 is 11.3 Å². The number of thiazole rings is 1. The fourth-order valence-corrected chi connectivity index (χ4v) is 2.59. The summed E-state index contributed by atoms with van der Waals surface area (Å²) in [4.78, 5) is 4.63. The first kappa shape index (κ1) is 12.3. The van der Waals surface area contributed by atoms with Crippen molar-refractivity contribution in [2.45, 2.75) is 25.7 Å². The Morgan fingerprint density at radius 3 is 2.65 bits per heavy atom. The van der Waals surface area contributed by atoms with Crippen LogP contribution < -0.4 is 5.73 Å². The van der Waals surface area contributed by atoms with Crippen LogP contribution in [0.15, 0.2) is 35.7 Å². The molecule has 0 aliphatic carbocycles. The van der Waals surface area contributed by atoms with E-state index in [1.165, 1.54) is 16.3 Å². The predicted molar refractivity (Wildman–Crippen MR) is 73.3 cm³/mol. The number of aromatic nitrogens is 1. The van der Waals surface area contributed by atoms with E-state index in [1.54, 1.807) is 11.3 Å². The molecule has 0 saturated heterocycles. The number of hydrogen-bond acceptors (Lipinski definition) is 3. The van der Waals surface area contributed by atoms with Gasteiger partial charge in [0.2, 0.25) is 0 Å². The van der Waals surface area contributed by atoms with Gasteiger partial charge in [0.25, 0.3) is 0 Å². The standard InChI is InChI=1S/C14H18N2S/c15-10-4-7-13-11-17-14(16-13)9-8-12-5-2-1-3-6-12/h1-3,5-6,11H,4,7-10,15H2. The first-order valence-corrected chi connectivity index (χ1v) is 6.93. The van der Waals surface area contributed by atoms with Crippen molar-refractivity contribution in [3.8, 4) is 0 Å². The average molecular weight is 246 g/mol. The van der Waals surface area contributed by atoms with E-state index in [-0.39, 0.29) is 0 Å². The molecule has 2 N–H and O–H groups in total. The molecular weight excluding hydrogens is 228 g/mol. The van der Waals surface area contributed by atoms with Gasteiger partial charge in [-0.2, -0.15) is 0 Å². The molecule has 2 nitrogen and oxygen atoms in total. The van der Waals surface area contributed by atoms with Crippen molar-refractivity contribution in [3.05, 3.63) is 52.0 Å². The molecular formula is C14H18N2S. The molecule has 0 amide bonds. The van der Waals surface area contributed by atoms with Crippen molar-refractivity contribution < 1.29 is 0 Å². The summed E-state index contributed by atoms with van der Waals surface area (Å²) in [6, 6.07) is 10.6. The van der Waals surface area contributed by atoms with Crippen LogP contribution in [-0.4, -0.2) is 11.5 Å². The molecule has 0 fully saturated rings. The lowest BCUT2D eigenvalue weighted by Crippen LogP contribution is -2.00. The van der Waals surface area contributed by atoms with Crippen LogP contribution in [-0.2, 0) is 19.3 Å². The Morgan fingerprint density at radius 1 is 1.06 bits per heavy atom. The molecule has 90 valence electrons. The third-order valence-electron chi connectivity index (χ3n) is 2.71. The van der Waals surface area contributed by atoms with Crippen molar-refractivity contribution in [3.63, 3.8) is 0 Å². The molecule has 0 unspecified atom stereocenters. The Hall–Kier alpha value is -1.19. The molecule has 0 aliphatic heterocycles. The summed E-state index contributed by atoms with van der Waals surface area (Å²) in [5, 5.41) is 3.40. The van der Waals surface area contributed by atoms with Crippen molar-refractivity contribution in [1.82, 2.24) is 4.98 Å². The van der Waals surface area contributed by atoms with Gasteiger partial charge in [0, 0.05) is 11.8 Å². The Bertz CT molecular complexity index is 436. The first-order valence-electron chi connectivity index (χ1n) is 6.06. The van der Waals surface area contributed by atoms with Crippen LogP contribution in [0, 0.1) is 0 Å². The highest BCUT2D eigenvalue weighted by Crippen LogP contribution is 2.14. The van der Waals surface area contributed by atoms with E-state index in [4.69, 9.17) is 5.73 Å². The molecule has 0 atom stereocenters. The number of rotatable bonds is 6. The zero-order valence-electron chi connectivity index (χ0n) is 9.93. The maximum absolute atomic E-state index is 5.49. The average Bonchev–Trinajstić information content (AvgIpc) is 2.83. The summed E-state index contributed by atoms with van der Waals surface area (Å²) < 4.78 is 0. The highest BCUT2D eigenvalue weighted by molar-refractivity contribution is 7.09. The molecule has 2 aromatic rings. The Kier molecular flexibility index (Phi) is 4.71. The third-order valence-corrected chi connectivity index (χ3v) is 3.66. The van der Waals surface area contributed by atoms with Gasteiger partial charge in [-0.3, -0.25) is 0 Å². The first-order chi connectivity index (χ1) is 8.38. The highest BCUT2D eigenvalue weighted by Gasteiger charge is 2.02. The van der Waals surface area contributed by atoms with Gasteiger partial charge in [0.1, 0.15) is 0 Å². The minimum Gasteiger partial charge on any atom is -0.330 e. The molecule has 0 bridgehead atoms. The SMILES string of the molecule is NCCCc1csc(CCc2ccccc2)n1. The second-order valence-corrected chi connectivity index (χ2v) is 5.05.